The van der Waals surface area contributed by atoms with E-state index in [2.05, 4.69) is 4.98 Å². The molecule has 29 heavy (non-hydrogen) atoms. The number of carbonyl (C=O) groups is 1. The van der Waals surface area contributed by atoms with Crippen LogP contribution in [-0.2, 0) is 11.3 Å². The van der Waals surface area contributed by atoms with Crippen molar-refractivity contribution in [1.82, 2.24) is 9.55 Å². The molecule has 0 aliphatic heterocycles. The van der Waals surface area contributed by atoms with Gasteiger partial charge in [-0.15, -0.1) is 0 Å². The highest BCUT2D eigenvalue weighted by molar-refractivity contribution is 6.35. The third kappa shape index (κ3) is 3.21. The lowest BCUT2D eigenvalue weighted by Crippen LogP contribution is -2.19. The van der Waals surface area contributed by atoms with Crippen molar-refractivity contribution in [2.75, 3.05) is 19.0 Å². The molecule has 0 aliphatic rings. The molecule has 0 fully saturated rings. The Balaban J connectivity index is 2.20. The monoisotopic (exact) mass is 407 g/mol. The molecule has 7 heteroatoms. The maximum absolute atomic E-state index is 13.2. The summed E-state index contributed by atoms with van der Waals surface area (Å²) in [6, 6.07) is 12.5. The minimum Gasteiger partial charge on any atom is -0.480 e. The summed E-state index contributed by atoms with van der Waals surface area (Å²) < 4.78 is 1.65. The molecule has 1 N–H and O–H groups in total. The van der Waals surface area contributed by atoms with Crippen LogP contribution in [0.25, 0.3) is 32.9 Å². The normalized spacial score (nSPS) is 11.1. The van der Waals surface area contributed by atoms with E-state index in [4.69, 9.17) is 11.6 Å². The van der Waals surface area contributed by atoms with Crippen molar-refractivity contribution in [3.05, 3.63) is 70.1 Å². The first-order chi connectivity index (χ1) is 13.9. The number of rotatable bonds is 4. The first kappa shape index (κ1) is 19.0. The number of nitrogens with zero attached hydrogens (tertiary/aromatic N) is 3. The van der Waals surface area contributed by atoms with Crippen LogP contribution in [0.2, 0.25) is 5.02 Å². The molecular weight excluding hydrogens is 390 g/mol. The fourth-order valence-electron chi connectivity index (χ4n) is 3.67. The fourth-order valence-corrected chi connectivity index (χ4v) is 3.99. The quantitative estimate of drug-likeness (QED) is 0.517. The van der Waals surface area contributed by atoms with E-state index in [-0.39, 0.29) is 12.0 Å². The molecular formula is C22H18ClN3O3. The SMILES string of the molecule is CN(C)c1c(Cl)ccc2c(=O)c3ccc(-c4ccncc4)cc3n(CC(=O)O)c12. The summed E-state index contributed by atoms with van der Waals surface area (Å²) in [7, 11) is 3.63. The van der Waals surface area contributed by atoms with E-state index in [0.717, 1.165) is 11.1 Å². The van der Waals surface area contributed by atoms with Crippen LogP contribution in [0.5, 0.6) is 0 Å². The van der Waals surface area contributed by atoms with E-state index < -0.39 is 5.97 Å². The number of hydrogen-bond acceptors (Lipinski definition) is 4. The minimum atomic E-state index is -1.00. The van der Waals surface area contributed by atoms with E-state index in [1.54, 1.807) is 40.1 Å². The molecule has 0 radical (unpaired) electrons. The Morgan fingerprint density at radius 1 is 1.07 bits per heavy atom. The molecule has 6 nitrogen and oxygen atoms in total. The summed E-state index contributed by atoms with van der Waals surface area (Å²) in [6.45, 7) is -0.297. The second kappa shape index (κ2) is 7.22. The highest BCUT2D eigenvalue weighted by atomic mass is 35.5. The van der Waals surface area contributed by atoms with Gasteiger partial charge in [-0.05, 0) is 47.5 Å². The van der Waals surface area contributed by atoms with Gasteiger partial charge in [0.25, 0.3) is 0 Å². The van der Waals surface area contributed by atoms with Gasteiger partial charge in [-0.25, -0.2) is 0 Å². The number of anilines is 1. The lowest BCUT2D eigenvalue weighted by atomic mass is 10.0. The van der Waals surface area contributed by atoms with Gasteiger partial charge in [-0.3, -0.25) is 14.6 Å². The van der Waals surface area contributed by atoms with Gasteiger partial charge >= 0.3 is 5.97 Å². The number of fused-ring (bicyclic) bond motifs is 2. The summed E-state index contributed by atoms with van der Waals surface area (Å²) in [6.07, 6.45) is 3.38. The number of aromatic nitrogens is 2. The number of halogens is 1. The summed E-state index contributed by atoms with van der Waals surface area (Å²) >= 11 is 6.43. The number of aliphatic carboxylic acids is 1. The van der Waals surface area contributed by atoms with Crippen molar-refractivity contribution in [2.24, 2.45) is 0 Å². The average Bonchev–Trinajstić information content (AvgIpc) is 2.70. The first-order valence-electron chi connectivity index (χ1n) is 8.96. The second-order valence-electron chi connectivity index (χ2n) is 6.96. The summed E-state index contributed by atoms with van der Waals surface area (Å²) in [5, 5.41) is 10.9. The van der Waals surface area contributed by atoms with E-state index in [9.17, 15) is 14.7 Å². The molecule has 146 valence electrons. The topological polar surface area (TPSA) is 75.4 Å². The van der Waals surface area contributed by atoms with E-state index in [0.29, 0.717) is 32.5 Å². The number of pyridine rings is 2. The minimum absolute atomic E-state index is 0.155. The smallest absolute Gasteiger partial charge is 0.323 e. The van der Waals surface area contributed by atoms with Crippen LogP contribution >= 0.6 is 11.6 Å². The Morgan fingerprint density at radius 3 is 2.41 bits per heavy atom. The molecule has 2 aromatic heterocycles. The third-order valence-corrected chi connectivity index (χ3v) is 5.21. The Hall–Kier alpha value is -3.38. The molecule has 0 aliphatic carbocycles. The highest BCUT2D eigenvalue weighted by Gasteiger charge is 2.19. The molecule has 0 saturated carbocycles. The molecule has 0 saturated heterocycles. The van der Waals surface area contributed by atoms with Gasteiger partial charge in [0.15, 0.2) is 5.43 Å². The van der Waals surface area contributed by atoms with Crippen LogP contribution in [0.3, 0.4) is 0 Å². The predicted octanol–water partition coefficient (Wildman–Crippen LogP) is 4.02. The Morgan fingerprint density at radius 2 is 1.76 bits per heavy atom. The summed E-state index contributed by atoms with van der Waals surface area (Å²) in [5.74, 6) is -1.00. The van der Waals surface area contributed by atoms with E-state index >= 15 is 0 Å². The van der Waals surface area contributed by atoms with Crippen LogP contribution in [-0.4, -0.2) is 34.7 Å². The van der Waals surface area contributed by atoms with Crippen molar-refractivity contribution in [1.29, 1.82) is 0 Å². The van der Waals surface area contributed by atoms with Gasteiger partial charge in [-0.1, -0.05) is 17.7 Å². The lowest BCUT2D eigenvalue weighted by molar-refractivity contribution is -0.137. The Kier molecular flexibility index (Phi) is 4.72. The van der Waals surface area contributed by atoms with Crippen LogP contribution in [0.1, 0.15) is 0 Å². The van der Waals surface area contributed by atoms with Gasteiger partial charge in [-0.2, -0.15) is 0 Å². The lowest BCUT2D eigenvalue weighted by Gasteiger charge is -2.22. The van der Waals surface area contributed by atoms with Crippen LogP contribution < -0.4 is 10.3 Å². The number of carboxylic acid groups (broad SMARTS) is 1. The van der Waals surface area contributed by atoms with Gasteiger partial charge in [0.05, 0.1) is 21.7 Å². The molecule has 0 atom stereocenters. The van der Waals surface area contributed by atoms with Crippen LogP contribution in [0, 0.1) is 0 Å². The van der Waals surface area contributed by atoms with Crippen molar-refractivity contribution < 1.29 is 9.90 Å². The van der Waals surface area contributed by atoms with Gasteiger partial charge in [0.2, 0.25) is 0 Å². The zero-order valence-corrected chi connectivity index (χ0v) is 16.6. The zero-order chi connectivity index (χ0) is 20.7. The molecule has 0 spiro atoms. The van der Waals surface area contributed by atoms with Gasteiger partial charge < -0.3 is 14.6 Å². The van der Waals surface area contributed by atoms with Crippen LogP contribution in [0.4, 0.5) is 5.69 Å². The molecule has 0 bridgehead atoms. The molecule has 4 aromatic rings. The Labute approximate surface area is 171 Å². The summed E-state index contributed by atoms with van der Waals surface area (Å²) in [4.78, 5) is 30.8. The van der Waals surface area contributed by atoms with Crippen molar-refractivity contribution in [2.45, 2.75) is 6.54 Å². The van der Waals surface area contributed by atoms with Crippen molar-refractivity contribution in [3.63, 3.8) is 0 Å². The number of benzene rings is 2. The maximum atomic E-state index is 13.2. The molecule has 2 aromatic carbocycles. The standard InChI is InChI=1S/C22H18ClN3O3/c1-25(2)21-17(23)6-5-16-20(21)26(12-19(27)28)18-11-14(3-4-15(18)22(16)29)13-7-9-24-10-8-13/h3-11H,12H2,1-2H3,(H,27,28). The van der Waals surface area contributed by atoms with E-state index in [1.807, 2.05) is 38.4 Å². The highest BCUT2D eigenvalue weighted by Crippen LogP contribution is 2.35. The Bertz CT molecular complexity index is 1310. The number of hydrogen-bond donors (Lipinski definition) is 1. The number of carboxylic acids is 1. The fraction of sp³-hybridized carbons (Fsp3) is 0.136. The molecule has 4 rings (SSSR count). The molecule has 0 unspecified atom stereocenters. The second-order valence-corrected chi connectivity index (χ2v) is 7.37. The van der Waals surface area contributed by atoms with Gasteiger partial charge in [0.1, 0.15) is 6.54 Å². The average molecular weight is 408 g/mol. The van der Waals surface area contributed by atoms with Crippen molar-refractivity contribution >= 4 is 45.1 Å². The van der Waals surface area contributed by atoms with E-state index in [1.165, 1.54) is 0 Å². The van der Waals surface area contributed by atoms with Gasteiger partial charge in [0, 0.05) is 37.3 Å². The van der Waals surface area contributed by atoms with Crippen molar-refractivity contribution in [3.8, 4) is 11.1 Å². The predicted molar refractivity (Wildman–Crippen MR) is 116 cm³/mol. The molecule has 0 amide bonds. The maximum Gasteiger partial charge on any atom is 0.323 e. The summed E-state index contributed by atoms with van der Waals surface area (Å²) in [5.41, 5.74) is 3.30. The van der Waals surface area contributed by atoms with Crippen LogP contribution in [0.15, 0.2) is 59.7 Å². The largest absolute Gasteiger partial charge is 0.480 e. The third-order valence-electron chi connectivity index (χ3n) is 4.90. The molecule has 2 heterocycles. The zero-order valence-electron chi connectivity index (χ0n) is 15.9. The first-order valence-corrected chi connectivity index (χ1v) is 9.34.